The maximum atomic E-state index is 12.3. The Morgan fingerprint density at radius 2 is 1.24 bits per heavy atom. The van der Waals surface area contributed by atoms with Crippen molar-refractivity contribution in [3.05, 3.63) is 0 Å². The highest BCUT2D eigenvalue weighted by atomic mass is 31.2. The zero-order valence-electron chi connectivity index (χ0n) is 12.5. The zero-order valence-corrected chi connectivity index (χ0v) is 14.4. The molecule has 0 aromatic heterocycles. The topological polar surface area (TPSA) is 30.8 Å². The average molecular weight is 359 g/mol. The summed E-state index contributed by atoms with van der Waals surface area (Å²) in [5, 5.41) is 0. The van der Waals surface area contributed by atoms with E-state index in [-0.39, 0.29) is 0 Å². The summed E-state index contributed by atoms with van der Waals surface area (Å²) < 4.78 is 87.7. The fraction of sp³-hybridized carbons (Fsp3) is 1.00. The van der Waals surface area contributed by atoms with Crippen molar-refractivity contribution in [1.29, 1.82) is 0 Å². The standard InChI is InChI=1S/C10H20F6NO2PSi/c1-8(2)20(17-21(3,4)5,18-6-9(11,12)13)19-7-10(14,15)16/h8H,6-7H2,1-5H3. The van der Waals surface area contributed by atoms with Gasteiger partial charge in [0.15, 0.2) is 21.4 Å². The van der Waals surface area contributed by atoms with Crippen LogP contribution in [0.4, 0.5) is 26.3 Å². The second-order valence-corrected chi connectivity index (χ2v) is 13.5. The molecule has 0 saturated heterocycles. The lowest BCUT2D eigenvalue weighted by Crippen LogP contribution is -2.25. The van der Waals surface area contributed by atoms with E-state index in [0.717, 1.165) is 0 Å². The summed E-state index contributed by atoms with van der Waals surface area (Å²) in [6.07, 6.45) is -9.31. The van der Waals surface area contributed by atoms with Crippen LogP contribution in [-0.4, -0.2) is 39.5 Å². The van der Waals surface area contributed by atoms with Gasteiger partial charge < -0.3 is 9.05 Å². The Labute approximate surface area is 121 Å². The normalized spacial score (nSPS) is 14.7. The third-order valence-corrected chi connectivity index (χ3v) is 7.74. The minimum Gasteiger partial charge on any atom is -0.315 e. The molecular formula is C10H20F6NO2PSi. The smallest absolute Gasteiger partial charge is 0.315 e. The molecule has 11 heteroatoms. The van der Waals surface area contributed by atoms with Crippen molar-refractivity contribution in [3.63, 3.8) is 0 Å². The minimum atomic E-state index is -4.66. The molecule has 0 N–H and O–H groups in total. The second kappa shape index (κ2) is 7.02. The molecule has 0 atom stereocenters. The molecule has 0 amide bonds. The molecule has 3 nitrogen and oxygen atoms in total. The Kier molecular flexibility index (Phi) is 7.00. The van der Waals surface area contributed by atoms with E-state index in [9.17, 15) is 26.3 Å². The third kappa shape index (κ3) is 9.54. The van der Waals surface area contributed by atoms with Crippen molar-refractivity contribution in [3.8, 4) is 0 Å². The predicted molar refractivity (Wildman–Crippen MR) is 71.8 cm³/mol. The maximum Gasteiger partial charge on any atom is 0.412 e. The Morgan fingerprint density at radius 1 is 0.905 bits per heavy atom. The monoisotopic (exact) mass is 359 g/mol. The fourth-order valence-electron chi connectivity index (χ4n) is 1.26. The number of halogens is 6. The van der Waals surface area contributed by atoms with E-state index in [4.69, 9.17) is 9.05 Å². The van der Waals surface area contributed by atoms with E-state index in [0.29, 0.717) is 0 Å². The largest absolute Gasteiger partial charge is 0.412 e. The number of alkyl halides is 6. The molecule has 0 fully saturated rings. The Morgan fingerprint density at radius 3 is 1.43 bits per heavy atom. The SMILES string of the molecule is CC(C)P(=N[Si](C)(C)C)(OCC(F)(F)F)OCC(F)(F)F. The summed E-state index contributed by atoms with van der Waals surface area (Å²) >= 11 is 0. The van der Waals surface area contributed by atoms with E-state index in [2.05, 4.69) is 4.41 Å². The molecule has 0 aromatic carbocycles. The van der Waals surface area contributed by atoms with Crippen LogP contribution in [0.25, 0.3) is 0 Å². The van der Waals surface area contributed by atoms with Gasteiger partial charge in [-0.05, 0) is 19.6 Å². The first-order chi connectivity index (χ1) is 9.06. The van der Waals surface area contributed by atoms with Crippen molar-refractivity contribution in [1.82, 2.24) is 0 Å². The van der Waals surface area contributed by atoms with Crippen LogP contribution in [0.2, 0.25) is 19.6 Å². The van der Waals surface area contributed by atoms with Crippen molar-refractivity contribution in [2.24, 2.45) is 4.41 Å². The summed E-state index contributed by atoms with van der Waals surface area (Å²) in [6.45, 7) is 4.62. The molecular weight excluding hydrogens is 339 g/mol. The van der Waals surface area contributed by atoms with Gasteiger partial charge in [-0.1, -0.05) is 13.8 Å². The van der Waals surface area contributed by atoms with Crippen LogP contribution in [0.15, 0.2) is 4.41 Å². The molecule has 0 aliphatic rings. The van der Waals surface area contributed by atoms with Gasteiger partial charge in [-0.3, -0.25) is 4.41 Å². The molecule has 0 radical (unpaired) electrons. The van der Waals surface area contributed by atoms with Gasteiger partial charge in [-0.25, -0.2) is 0 Å². The van der Waals surface area contributed by atoms with Crippen LogP contribution in [-0.2, 0) is 9.05 Å². The molecule has 128 valence electrons. The summed E-state index contributed by atoms with van der Waals surface area (Å²) in [6, 6.07) is 0. The van der Waals surface area contributed by atoms with Crippen LogP contribution in [0.5, 0.6) is 0 Å². The lowest BCUT2D eigenvalue weighted by molar-refractivity contribution is -0.163. The molecule has 0 aromatic rings. The summed E-state index contributed by atoms with van der Waals surface area (Å²) in [7, 11) is -5.99. The van der Waals surface area contributed by atoms with E-state index in [1.165, 1.54) is 13.8 Å². The molecule has 0 unspecified atom stereocenters. The first kappa shape index (κ1) is 20.9. The molecule has 0 spiro atoms. The van der Waals surface area contributed by atoms with Crippen LogP contribution in [0, 0.1) is 0 Å². The van der Waals surface area contributed by atoms with Gasteiger partial charge in [0, 0.05) is 5.66 Å². The van der Waals surface area contributed by atoms with E-state index in [1.54, 1.807) is 19.6 Å². The van der Waals surface area contributed by atoms with Crippen molar-refractivity contribution < 1.29 is 35.4 Å². The fourth-order valence-corrected chi connectivity index (χ4v) is 7.32. The molecule has 0 aliphatic carbocycles. The maximum absolute atomic E-state index is 12.3. The van der Waals surface area contributed by atoms with E-state index in [1.807, 2.05) is 0 Å². The average Bonchev–Trinajstić information content (AvgIpc) is 2.17. The van der Waals surface area contributed by atoms with Crippen LogP contribution in [0.3, 0.4) is 0 Å². The van der Waals surface area contributed by atoms with Crippen LogP contribution in [0.1, 0.15) is 13.8 Å². The van der Waals surface area contributed by atoms with Gasteiger partial charge >= 0.3 is 12.4 Å². The van der Waals surface area contributed by atoms with Crippen molar-refractivity contribution in [2.45, 2.75) is 51.5 Å². The molecule has 0 saturated carbocycles. The van der Waals surface area contributed by atoms with Crippen molar-refractivity contribution >= 4 is 15.7 Å². The van der Waals surface area contributed by atoms with Gasteiger partial charge in [0.05, 0.1) is 0 Å². The molecule has 0 rings (SSSR count). The summed E-state index contributed by atoms with van der Waals surface area (Å²) in [4.78, 5) is 0. The van der Waals surface area contributed by atoms with E-state index < -0.39 is 47.0 Å². The Balaban J connectivity index is 5.52. The van der Waals surface area contributed by atoms with E-state index >= 15 is 0 Å². The number of rotatable bonds is 6. The molecule has 21 heavy (non-hydrogen) atoms. The number of nitrogens with zero attached hydrogens (tertiary/aromatic N) is 1. The summed E-state index contributed by atoms with van der Waals surface area (Å²) in [5.41, 5.74) is -0.700. The van der Waals surface area contributed by atoms with Gasteiger partial charge in [0.1, 0.15) is 0 Å². The van der Waals surface area contributed by atoms with Crippen molar-refractivity contribution in [2.75, 3.05) is 13.2 Å². The quantitative estimate of drug-likeness (QED) is 0.360. The van der Waals surface area contributed by atoms with Crippen LogP contribution < -0.4 is 0 Å². The molecule has 0 aliphatic heterocycles. The number of hydrogen-bond donors (Lipinski definition) is 0. The lowest BCUT2D eigenvalue weighted by Gasteiger charge is -2.31. The molecule has 0 bridgehead atoms. The van der Waals surface area contributed by atoms with Gasteiger partial charge in [0.2, 0.25) is 7.51 Å². The van der Waals surface area contributed by atoms with Gasteiger partial charge in [0.25, 0.3) is 0 Å². The first-order valence-electron chi connectivity index (χ1n) is 6.12. The predicted octanol–water partition coefficient (Wildman–Crippen LogP) is 5.42. The zero-order chi connectivity index (χ0) is 17.1. The highest BCUT2D eigenvalue weighted by molar-refractivity contribution is 7.58. The Bertz CT molecular complexity index is 366. The third-order valence-electron chi connectivity index (χ3n) is 1.92. The molecule has 0 heterocycles. The highest BCUT2D eigenvalue weighted by Crippen LogP contribution is 2.58. The highest BCUT2D eigenvalue weighted by Gasteiger charge is 2.39. The van der Waals surface area contributed by atoms with Gasteiger partial charge in [-0.15, -0.1) is 0 Å². The number of hydrogen-bond acceptors (Lipinski definition) is 3. The minimum absolute atomic E-state index is 0.700. The lowest BCUT2D eigenvalue weighted by atomic mass is 10.6. The van der Waals surface area contributed by atoms with Gasteiger partial charge in [-0.2, -0.15) is 26.3 Å². The Hall–Kier alpha value is -0.0531. The summed E-state index contributed by atoms with van der Waals surface area (Å²) in [5.74, 6) is 0. The second-order valence-electron chi connectivity index (χ2n) is 5.71. The first-order valence-corrected chi connectivity index (χ1v) is 11.2. The van der Waals surface area contributed by atoms with Crippen LogP contribution >= 0.6 is 7.51 Å².